The first kappa shape index (κ1) is 18.8. The van der Waals surface area contributed by atoms with Gasteiger partial charge in [-0.2, -0.15) is 0 Å². The SMILES string of the molecule is CC(C)C(=O)Nc1ccc(NC(=O)CCn2cnc3sccc3c2=O)cc1. The Balaban J connectivity index is 1.56. The maximum Gasteiger partial charge on any atom is 0.262 e. The van der Waals surface area contributed by atoms with Gasteiger partial charge in [-0.3, -0.25) is 19.0 Å². The van der Waals surface area contributed by atoms with Crippen molar-refractivity contribution in [2.45, 2.75) is 26.8 Å². The maximum atomic E-state index is 12.3. The Labute approximate surface area is 160 Å². The number of benzene rings is 1. The van der Waals surface area contributed by atoms with Crippen LogP contribution in [0.5, 0.6) is 0 Å². The van der Waals surface area contributed by atoms with Crippen molar-refractivity contribution in [2.75, 3.05) is 10.6 Å². The number of carbonyl (C=O) groups excluding carboxylic acids is 2. The third-order valence-electron chi connectivity index (χ3n) is 3.99. The average molecular weight is 384 g/mol. The summed E-state index contributed by atoms with van der Waals surface area (Å²) in [6, 6.07) is 8.65. The zero-order valence-corrected chi connectivity index (χ0v) is 15.9. The van der Waals surface area contributed by atoms with Crippen LogP contribution in [0, 0.1) is 5.92 Å². The second-order valence-electron chi connectivity index (χ2n) is 6.40. The van der Waals surface area contributed by atoms with Crippen LogP contribution in [0.2, 0.25) is 0 Å². The Morgan fingerprint density at radius 2 is 1.78 bits per heavy atom. The minimum Gasteiger partial charge on any atom is -0.326 e. The van der Waals surface area contributed by atoms with E-state index in [0.717, 1.165) is 0 Å². The molecular weight excluding hydrogens is 364 g/mol. The van der Waals surface area contributed by atoms with Crippen LogP contribution in [0.4, 0.5) is 11.4 Å². The molecule has 2 aromatic heterocycles. The zero-order chi connectivity index (χ0) is 19.4. The monoisotopic (exact) mass is 384 g/mol. The molecule has 2 amide bonds. The van der Waals surface area contributed by atoms with Gasteiger partial charge in [0, 0.05) is 30.3 Å². The van der Waals surface area contributed by atoms with Crippen LogP contribution < -0.4 is 16.2 Å². The van der Waals surface area contributed by atoms with Crippen molar-refractivity contribution < 1.29 is 9.59 Å². The van der Waals surface area contributed by atoms with Crippen molar-refractivity contribution in [3.05, 3.63) is 52.4 Å². The quantitative estimate of drug-likeness (QED) is 0.683. The lowest BCUT2D eigenvalue weighted by Gasteiger charge is -2.10. The molecule has 0 unspecified atom stereocenters. The summed E-state index contributed by atoms with van der Waals surface area (Å²) in [5.74, 6) is -0.365. The van der Waals surface area contributed by atoms with Gasteiger partial charge >= 0.3 is 0 Å². The normalized spacial score (nSPS) is 10.9. The topological polar surface area (TPSA) is 93.1 Å². The third-order valence-corrected chi connectivity index (χ3v) is 4.81. The highest BCUT2D eigenvalue weighted by Gasteiger charge is 2.09. The van der Waals surface area contributed by atoms with Crippen LogP contribution in [-0.4, -0.2) is 21.4 Å². The van der Waals surface area contributed by atoms with Gasteiger partial charge in [-0.05, 0) is 35.7 Å². The van der Waals surface area contributed by atoms with Crippen molar-refractivity contribution in [1.82, 2.24) is 9.55 Å². The Kier molecular flexibility index (Phi) is 5.66. The number of amides is 2. The highest BCUT2D eigenvalue weighted by molar-refractivity contribution is 7.16. The second kappa shape index (κ2) is 8.13. The average Bonchev–Trinajstić information content (AvgIpc) is 3.12. The predicted octanol–water partition coefficient (Wildman–Crippen LogP) is 3.08. The largest absolute Gasteiger partial charge is 0.326 e. The summed E-state index contributed by atoms with van der Waals surface area (Å²) in [6.45, 7) is 3.90. The standard InChI is InChI=1S/C19H20N4O3S/c1-12(2)17(25)22-14-5-3-13(4-6-14)21-16(24)7-9-23-11-20-18-15(19(23)26)8-10-27-18/h3-6,8,10-12H,7,9H2,1-2H3,(H,21,24)(H,22,25). The van der Waals surface area contributed by atoms with E-state index in [1.54, 1.807) is 30.3 Å². The molecule has 3 aromatic rings. The van der Waals surface area contributed by atoms with Crippen LogP contribution >= 0.6 is 11.3 Å². The predicted molar refractivity (Wildman–Crippen MR) is 107 cm³/mol. The number of rotatable bonds is 6. The Morgan fingerprint density at radius 1 is 1.11 bits per heavy atom. The van der Waals surface area contributed by atoms with E-state index in [4.69, 9.17) is 0 Å². The number of nitrogens with zero attached hydrogens (tertiary/aromatic N) is 2. The number of thiophene rings is 1. The van der Waals surface area contributed by atoms with E-state index in [9.17, 15) is 14.4 Å². The van der Waals surface area contributed by atoms with E-state index in [-0.39, 0.29) is 36.3 Å². The lowest BCUT2D eigenvalue weighted by molar-refractivity contribution is -0.119. The van der Waals surface area contributed by atoms with Crippen molar-refractivity contribution >= 4 is 44.7 Å². The number of carbonyl (C=O) groups is 2. The molecule has 0 atom stereocenters. The Morgan fingerprint density at radius 3 is 2.44 bits per heavy atom. The molecule has 8 heteroatoms. The van der Waals surface area contributed by atoms with Gasteiger partial charge in [0.2, 0.25) is 11.8 Å². The number of hydrogen-bond acceptors (Lipinski definition) is 5. The smallest absolute Gasteiger partial charge is 0.262 e. The molecule has 0 spiro atoms. The van der Waals surface area contributed by atoms with Crippen LogP contribution in [-0.2, 0) is 16.1 Å². The van der Waals surface area contributed by atoms with Crippen molar-refractivity contribution in [2.24, 2.45) is 5.92 Å². The fourth-order valence-electron chi connectivity index (χ4n) is 2.42. The second-order valence-corrected chi connectivity index (χ2v) is 7.30. The lowest BCUT2D eigenvalue weighted by atomic mass is 10.2. The molecule has 2 heterocycles. The van der Waals surface area contributed by atoms with E-state index < -0.39 is 0 Å². The van der Waals surface area contributed by atoms with Gasteiger partial charge in [0.25, 0.3) is 5.56 Å². The molecule has 140 valence electrons. The van der Waals surface area contributed by atoms with E-state index in [1.165, 1.54) is 22.2 Å². The van der Waals surface area contributed by atoms with Crippen LogP contribution in [0.25, 0.3) is 10.2 Å². The van der Waals surface area contributed by atoms with Crippen LogP contribution in [0.3, 0.4) is 0 Å². The number of nitrogens with one attached hydrogen (secondary N) is 2. The van der Waals surface area contributed by atoms with Crippen molar-refractivity contribution in [3.8, 4) is 0 Å². The highest BCUT2D eigenvalue weighted by Crippen LogP contribution is 2.15. The lowest BCUT2D eigenvalue weighted by Crippen LogP contribution is -2.23. The van der Waals surface area contributed by atoms with Gasteiger partial charge in [0.1, 0.15) is 4.83 Å². The molecular formula is C19H20N4O3S. The van der Waals surface area contributed by atoms with Gasteiger partial charge in [0.15, 0.2) is 0 Å². The van der Waals surface area contributed by atoms with E-state index in [1.807, 2.05) is 19.2 Å². The molecule has 3 rings (SSSR count). The molecule has 1 aromatic carbocycles. The Bertz CT molecular complexity index is 1020. The molecule has 0 saturated carbocycles. The molecule has 0 radical (unpaired) electrons. The van der Waals surface area contributed by atoms with Crippen molar-refractivity contribution in [3.63, 3.8) is 0 Å². The van der Waals surface area contributed by atoms with Gasteiger partial charge < -0.3 is 10.6 Å². The summed E-state index contributed by atoms with van der Waals surface area (Å²) in [5.41, 5.74) is 1.16. The number of aromatic nitrogens is 2. The summed E-state index contributed by atoms with van der Waals surface area (Å²) in [5, 5.41) is 7.97. The van der Waals surface area contributed by atoms with Crippen LogP contribution in [0.15, 0.2) is 46.8 Å². The van der Waals surface area contributed by atoms with Gasteiger partial charge in [-0.15, -0.1) is 11.3 Å². The fourth-order valence-corrected chi connectivity index (χ4v) is 3.14. The molecule has 0 bridgehead atoms. The zero-order valence-electron chi connectivity index (χ0n) is 15.1. The summed E-state index contributed by atoms with van der Waals surface area (Å²) in [6.07, 6.45) is 1.63. The van der Waals surface area contributed by atoms with E-state index in [0.29, 0.717) is 21.6 Å². The molecule has 0 saturated heterocycles. The van der Waals surface area contributed by atoms with Gasteiger partial charge in [-0.1, -0.05) is 13.8 Å². The van der Waals surface area contributed by atoms with E-state index in [2.05, 4.69) is 15.6 Å². The summed E-state index contributed by atoms with van der Waals surface area (Å²) in [4.78, 5) is 41.0. The fraction of sp³-hybridized carbons (Fsp3) is 0.263. The van der Waals surface area contributed by atoms with Crippen molar-refractivity contribution in [1.29, 1.82) is 0 Å². The minimum atomic E-state index is -0.203. The summed E-state index contributed by atoms with van der Waals surface area (Å²) >= 11 is 1.41. The minimum absolute atomic E-state index is 0.0616. The van der Waals surface area contributed by atoms with E-state index >= 15 is 0 Å². The number of hydrogen-bond donors (Lipinski definition) is 2. The van der Waals surface area contributed by atoms with Gasteiger partial charge in [0.05, 0.1) is 11.7 Å². The molecule has 0 fully saturated rings. The first-order valence-electron chi connectivity index (χ1n) is 8.57. The number of aryl methyl sites for hydroxylation is 1. The van der Waals surface area contributed by atoms with Crippen LogP contribution in [0.1, 0.15) is 20.3 Å². The molecule has 7 nitrogen and oxygen atoms in total. The molecule has 0 aliphatic carbocycles. The highest BCUT2D eigenvalue weighted by atomic mass is 32.1. The summed E-state index contributed by atoms with van der Waals surface area (Å²) < 4.78 is 1.44. The third kappa shape index (κ3) is 4.59. The Hall–Kier alpha value is -3.00. The molecule has 27 heavy (non-hydrogen) atoms. The first-order valence-corrected chi connectivity index (χ1v) is 9.45. The molecule has 0 aliphatic heterocycles. The molecule has 2 N–H and O–H groups in total. The number of fused-ring (bicyclic) bond motifs is 1. The van der Waals surface area contributed by atoms with Gasteiger partial charge in [-0.25, -0.2) is 4.98 Å². The molecule has 0 aliphatic rings. The maximum absolute atomic E-state index is 12.3. The first-order chi connectivity index (χ1) is 12.9. The number of anilines is 2. The summed E-state index contributed by atoms with van der Waals surface area (Å²) in [7, 11) is 0.